The third-order valence-electron chi connectivity index (χ3n) is 3.12. The third-order valence-corrected chi connectivity index (χ3v) is 3.12. The average Bonchev–Trinajstić information content (AvgIpc) is 2.43. The summed E-state index contributed by atoms with van der Waals surface area (Å²) in [6.07, 6.45) is 0. The lowest BCUT2D eigenvalue weighted by atomic mass is 10.1. The number of carbonyl (C=O) groups excluding carboxylic acids is 2. The van der Waals surface area contributed by atoms with Crippen molar-refractivity contribution in [2.45, 2.75) is 6.54 Å². The van der Waals surface area contributed by atoms with Gasteiger partial charge in [-0.25, -0.2) is 0 Å². The summed E-state index contributed by atoms with van der Waals surface area (Å²) in [5.41, 5.74) is 4.41. The van der Waals surface area contributed by atoms with E-state index in [1.54, 1.807) is 7.05 Å². The molecular formula is C13H17N3O3. The summed E-state index contributed by atoms with van der Waals surface area (Å²) < 4.78 is 0. The molecule has 0 saturated carbocycles. The fraction of sp³-hybridized carbons (Fsp3) is 0.385. The fourth-order valence-corrected chi connectivity index (χ4v) is 2.04. The highest BCUT2D eigenvalue weighted by atomic mass is 16.6. The smallest absolute Gasteiger partial charge is 0.316 e. The molecule has 1 saturated heterocycles. The van der Waals surface area contributed by atoms with E-state index in [0.29, 0.717) is 19.6 Å². The molecule has 2 rings (SSSR count). The van der Waals surface area contributed by atoms with Crippen LogP contribution in [0.5, 0.6) is 0 Å². The SMILES string of the molecule is CONCc1ccccc1N1CCN(C)C(=O)C1=O. The second-order valence-electron chi connectivity index (χ2n) is 4.34. The lowest BCUT2D eigenvalue weighted by Gasteiger charge is -2.32. The minimum Gasteiger partial charge on any atom is -0.336 e. The van der Waals surface area contributed by atoms with Gasteiger partial charge in [0.25, 0.3) is 0 Å². The van der Waals surface area contributed by atoms with Crippen molar-refractivity contribution in [3.8, 4) is 0 Å². The molecular weight excluding hydrogens is 246 g/mol. The van der Waals surface area contributed by atoms with E-state index >= 15 is 0 Å². The summed E-state index contributed by atoms with van der Waals surface area (Å²) in [5, 5.41) is 0. The van der Waals surface area contributed by atoms with E-state index in [2.05, 4.69) is 5.48 Å². The zero-order valence-electron chi connectivity index (χ0n) is 11.0. The van der Waals surface area contributed by atoms with Gasteiger partial charge in [0.15, 0.2) is 0 Å². The standard InChI is InChI=1S/C13H17N3O3/c1-15-7-8-16(13(18)12(15)17)11-6-4-3-5-10(11)9-14-19-2/h3-6,14H,7-9H2,1-2H3. The molecule has 6 heteroatoms. The highest BCUT2D eigenvalue weighted by Gasteiger charge is 2.31. The van der Waals surface area contributed by atoms with Crippen LogP contribution < -0.4 is 10.4 Å². The number of piperazine rings is 1. The lowest BCUT2D eigenvalue weighted by molar-refractivity contribution is -0.145. The van der Waals surface area contributed by atoms with Crippen LogP contribution in [0.2, 0.25) is 0 Å². The van der Waals surface area contributed by atoms with Crippen molar-refractivity contribution in [3.63, 3.8) is 0 Å². The third kappa shape index (κ3) is 2.74. The molecule has 1 aliphatic heterocycles. The van der Waals surface area contributed by atoms with Gasteiger partial charge >= 0.3 is 11.8 Å². The van der Waals surface area contributed by atoms with Crippen LogP contribution in [0.25, 0.3) is 0 Å². The number of hydroxylamine groups is 1. The predicted molar refractivity (Wildman–Crippen MR) is 70.3 cm³/mol. The van der Waals surface area contributed by atoms with Crippen molar-refractivity contribution in [2.75, 3.05) is 32.1 Å². The van der Waals surface area contributed by atoms with Crippen LogP contribution in [0.1, 0.15) is 5.56 Å². The van der Waals surface area contributed by atoms with Crippen LogP contribution in [0.4, 0.5) is 5.69 Å². The number of hydrogen-bond donors (Lipinski definition) is 1. The van der Waals surface area contributed by atoms with Crippen LogP contribution in [0.3, 0.4) is 0 Å². The number of benzene rings is 1. The number of hydrogen-bond acceptors (Lipinski definition) is 4. The fourth-order valence-electron chi connectivity index (χ4n) is 2.04. The zero-order valence-corrected chi connectivity index (χ0v) is 11.0. The average molecular weight is 263 g/mol. The topological polar surface area (TPSA) is 61.9 Å². The van der Waals surface area contributed by atoms with Crippen LogP contribution >= 0.6 is 0 Å². The minimum absolute atomic E-state index is 0.472. The molecule has 6 nitrogen and oxygen atoms in total. The Bertz CT molecular complexity index is 490. The first-order valence-corrected chi connectivity index (χ1v) is 6.06. The molecule has 19 heavy (non-hydrogen) atoms. The van der Waals surface area contributed by atoms with Gasteiger partial charge in [-0.3, -0.25) is 9.59 Å². The lowest BCUT2D eigenvalue weighted by Crippen LogP contribution is -2.53. The Balaban J connectivity index is 2.26. The Hall–Kier alpha value is -1.92. The van der Waals surface area contributed by atoms with Crippen molar-refractivity contribution in [3.05, 3.63) is 29.8 Å². The molecule has 1 heterocycles. The zero-order chi connectivity index (χ0) is 13.8. The molecule has 0 aromatic heterocycles. The van der Waals surface area contributed by atoms with Crippen molar-refractivity contribution in [2.24, 2.45) is 0 Å². The Morgan fingerprint density at radius 2 is 1.95 bits per heavy atom. The second-order valence-corrected chi connectivity index (χ2v) is 4.34. The molecule has 1 aliphatic rings. The van der Waals surface area contributed by atoms with Crippen LogP contribution in [0, 0.1) is 0 Å². The van der Waals surface area contributed by atoms with Crippen molar-refractivity contribution < 1.29 is 14.4 Å². The highest BCUT2D eigenvalue weighted by molar-refractivity contribution is 6.41. The van der Waals surface area contributed by atoms with Gasteiger partial charge in [-0.15, -0.1) is 0 Å². The van der Waals surface area contributed by atoms with Crippen molar-refractivity contribution in [1.29, 1.82) is 0 Å². The molecule has 1 aromatic carbocycles. The molecule has 0 bridgehead atoms. The molecule has 102 valence electrons. The van der Waals surface area contributed by atoms with E-state index in [0.717, 1.165) is 11.3 Å². The van der Waals surface area contributed by atoms with Crippen molar-refractivity contribution in [1.82, 2.24) is 10.4 Å². The van der Waals surface area contributed by atoms with E-state index in [9.17, 15) is 9.59 Å². The van der Waals surface area contributed by atoms with E-state index in [-0.39, 0.29) is 0 Å². The number of para-hydroxylation sites is 1. The van der Waals surface area contributed by atoms with Gasteiger partial charge in [0, 0.05) is 32.4 Å². The maximum Gasteiger partial charge on any atom is 0.316 e. The molecule has 2 amide bonds. The summed E-state index contributed by atoms with van der Waals surface area (Å²) in [7, 11) is 3.17. The number of likely N-dealkylation sites (N-methyl/N-ethyl adjacent to an activating group) is 1. The van der Waals surface area contributed by atoms with Crippen LogP contribution in [0.15, 0.2) is 24.3 Å². The summed E-state index contributed by atoms with van der Waals surface area (Å²) in [4.78, 5) is 31.6. The quantitative estimate of drug-likeness (QED) is 0.620. The normalized spacial score (nSPS) is 16.1. The van der Waals surface area contributed by atoms with Gasteiger partial charge in [-0.05, 0) is 11.6 Å². The summed E-state index contributed by atoms with van der Waals surface area (Å²) in [6.45, 7) is 1.52. The number of nitrogens with zero attached hydrogens (tertiary/aromatic N) is 2. The number of amides is 2. The number of nitrogens with one attached hydrogen (secondary N) is 1. The molecule has 0 atom stereocenters. The van der Waals surface area contributed by atoms with Gasteiger partial charge in [-0.2, -0.15) is 5.48 Å². The Kier molecular flexibility index (Phi) is 4.13. The Labute approximate surface area is 111 Å². The van der Waals surface area contributed by atoms with Crippen LogP contribution in [-0.4, -0.2) is 44.0 Å². The Morgan fingerprint density at radius 1 is 1.21 bits per heavy atom. The summed E-state index contributed by atoms with van der Waals surface area (Å²) >= 11 is 0. The molecule has 0 radical (unpaired) electrons. The minimum atomic E-state index is -0.487. The largest absolute Gasteiger partial charge is 0.336 e. The van der Waals surface area contributed by atoms with Gasteiger partial charge in [0.2, 0.25) is 0 Å². The first-order valence-electron chi connectivity index (χ1n) is 6.06. The molecule has 1 N–H and O–H groups in total. The highest BCUT2D eigenvalue weighted by Crippen LogP contribution is 2.22. The van der Waals surface area contributed by atoms with E-state index in [4.69, 9.17) is 4.84 Å². The maximum atomic E-state index is 12.0. The predicted octanol–water partition coefficient (Wildman–Crippen LogP) is 0.143. The van der Waals surface area contributed by atoms with E-state index in [1.807, 2.05) is 24.3 Å². The number of rotatable bonds is 4. The first kappa shape index (κ1) is 13.5. The monoisotopic (exact) mass is 263 g/mol. The van der Waals surface area contributed by atoms with Gasteiger partial charge < -0.3 is 14.6 Å². The van der Waals surface area contributed by atoms with Gasteiger partial charge in [0.05, 0.1) is 7.11 Å². The van der Waals surface area contributed by atoms with Gasteiger partial charge in [0.1, 0.15) is 0 Å². The molecule has 0 aliphatic carbocycles. The second kappa shape index (κ2) is 5.81. The Morgan fingerprint density at radius 3 is 2.68 bits per heavy atom. The van der Waals surface area contributed by atoms with E-state index in [1.165, 1.54) is 16.9 Å². The number of carbonyl (C=O) groups is 2. The van der Waals surface area contributed by atoms with Crippen molar-refractivity contribution >= 4 is 17.5 Å². The molecule has 1 aromatic rings. The maximum absolute atomic E-state index is 12.0. The first-order chi connectivity index (χ1) is 9.15. The summed E-state index contributed by atoms with van der Waals surface area (Å²) in [6, 6.07) is 7.47. The number of anilines is 1. The molecule has 0 unspecified atom stereocenters. The van der Waals surface area contributed by atoms with Gasteiger partial charge in [-0.1, -0.05) is 18.2 Å². The summed E-state index contributed by atoms with van der Waals surface area (Å²) in [5.74, 6) is -0.959. The molecule has 1 fully saturated rings. The molecule has 0 spiro atoms. The van der Waals surface area contributed by atoms with Crippen LogP contribution in [-0.2, 0) is 21.0 Å². The van der Waals surface area contributed by atoms with E-state index < -0.39 is 11.8 Å².